The van der Waals surface area contributed by atoms with Crippen LogP contribution >= 0.6 is 0 Å². The monoisotopic (exact) mass is 360 g/mol. The van der Waals surface area contributed by atoms with Crippen LogP contribution in [-0.4, -0.2) is 28.1 Å². The minimum Gasteiger partial charge on any atom is -0.393 e. The number of halogens is 3. The van der Waals surface area contributed by atoms with Crippen LogP contribution in [0.15, 0.2) is 0 Å². The van der Waals surface area contributed by atoms with Crippen LogP contribution in [0.4, 0.5) is 13.2 Å². The molecule has 4 saturated carbocycles. The number of alkyl halides is 3. The molecule has 4 rings (SSSR count). The van der Waals surface area contributed by atoms with E-state index in [4.69, 9.17) is 0 Å². The van der Waals surface area contributed by atoms with Crippen molar-refractivity contribution in [3.63, 3.8) is 0 Å². The Balaban J connectivity index is 1.59. The van der Waals surface area contributed by atoms with Gasteiger partial charge in [-0.3, -0.25) is 0 Å². The first-order valence-electron chi connectivity index (χ1n) is 9.98. The fourth-order valence-corrected chi connectivity index (χ4v) is 7.48. The predicted octanol–water partition coefficient (Wildman–Crippen LogP) is 4.68. The van der Waals surface area contributed by atoms with Gasteiger partial charge in [0.2, 0.25) is 0 Å². The molecule has 0 aromatic heterocycles. The van der Waals surface area contributed by atoms with E-state index < -0.39 is 11.8 Å². The normalized spacial score (nSPS) is 56.0. The molecule has 0 bridgehead atoms. The zero-order valence-corrected chi connectivity index (χ0v) is 15.3. The first-order chi connectivity index (χ1) is 11.5. The molecule has 4 aliphatic rings. The smallest absolute Gasteiger partial charge is 0.393 e. The van der Waals surface area contributed by atoms with Gasteiger partial charge in [-0.1, -0.05) is 13.8 Å². The summed E-state index contributed by atoms with van der Waals surface area (Å²) in [6, 6.07) is 0. The maximum Gasteiger partial charge on any atom is 0.417 e. The Kier molecular flexibility index (Phi) is 3.89. The lowest BCUT2D eigenvalue weighted by Crippen LogP contribution is -2.59. The van der Waals surface area contributed by atoms with Gasteiger partial charge >= 0.3 is 6.18 Å². The maximum absolute atomic E-state index is 13.3. The van der Waals surface area contributed by atoms with Gasteiger partial charge in [0.15, 0.2) is 5.60 Å². The van der Waals surface area contributed by atoms with Crippen molar-refractivity contribution in [2.45, 2.75) is 89.5 Å². The minimum absolute atomic E-state index is 0.00569. The van der Waals surface area contributed by atoms with E-state index in [9.17, 15) is 23.4 Å². The lowest BCUT2D eigenvalue weighted by atomic mass is 9.44. The molecule has 144 valence electrons. The van der Waals surface area contributed by atoms with Gasteiger partial charge in [-0.15, -0.1) is 0 Å². The summed E-state index contributed by atoms with van der Waals surface area (Å²) >= 11 is 0. The van der Waals surface area contributed by atoms with Gasteiger partial charge in [0.1, 0.15) is 0 Å². The van der Waals surface area contributed by atoms with Gasteiger partial charge < -0.3 is 10.2 Å². The Morgan fingerprint density at radius 1 is 0.840 bits per heavy atom. The number of hydrogen-bond donors (Lipinski definition) is 2. The van der Waals surface area contributed by atoms with Crippen molar-refractivity contribution in [1.29, 1.82) is 0 Å². The fraction of sp³-hybridized carbons (Fsp3) is 1.00. The van der Waals surface area contributed by atoms with E-state index >= 15 is 0 Å². The molecular weight excluding hydrogens is 329 g/mol. The van der Waals surface area contributed by atoms with Crippen LogP contribution in [0.25, 0.3) is 0 Å². The number of aliphatic hydroxyl groups is 2. The molecule has 5 heteroatoms. The number of aliphatic hydroxyl groups excluding tert-OH is 1. The van der Waals surface area contributed by atoms with Crippen molar-refractivity contribution < 1.29 is 23.4 Å². The molecule has 0 aliphatic heterocycles. The molecular formula is C20H31F3O2. The van der Waals surface area contributed by atoms with Crippen molar-refractivity contribution in [2.75, 3.05) is 0 Å². The van der Waals surface area contributed by atoms with E-state index in [1.54, 1.807) is 0 Å². The van der Waals surface area contributed by atoms with Gasteiger partial charge in [0.05, 0.1) is 6.10 Å². The third-order valence-corrected chi connectivity index (χ3v) is 9.20. The quantitative estimate of drug-likeness (QED) is 0.658. The molecule has 0 amide bonds. The summed E-state index contributed by atoms with van der Waals surface area (Å²) in [7, 11) is 0. The Labute approximate surface area is 148 Å². The largest absolute Gasteiger partial charge is 0.417 e. The highest BCUT2D eigenvalue weighted by molar-refractivity contribution is 5.11. The maximum atomic E-state index is 13.3. The molecule has 0 radical (unpaired) electrons. The van der Waals surface area contributed by atoms with Crippen molar-refractivity contribution in [3.8, 4) is 0 Å². The summed E-state index contributed by atoms with van der Waals surface area (Å²) in [6.45, 7) is 4.42. The van der Waals surface area contributed by atoms with Crippen LogP contribution < -0.4 is 0 Å². The molecule has 4 aliphatic carbocycles. The SMILES string of the molecule is C[C@]12CC[C@H]3[C@@H](CCC4C[C@@](O)(C(F)(F)F)CC[C@@]43C)[C@@H]1CC[C@@H]2O. The van der Waals surface area contributed by atoms with Crippen molar-refractivity contribution >= 4 is 0 Å². The third kappa shape index (κ3) is 2.37. The Morgan fingerprint density at radius 3 is 2.20 bits per heavy atom. The molecule has 0 aromatic carbocycles. The summed E-state index contributed by atoms with van der Waals surface area (Å²) in [6.07, 6.45) is 1.16. The van der Waals surface area contributed by atoms with Crippen LogP contribution in [0, 0.1) is 34.5 Å². The average molecular weight is 360 g/mol. The number of hydrogen-bond acceptors (Lipinski definition) is 2. The van der Waals surface area contributed by atoms with E-state index in [-0.39, 0.29) is 35.7 Å². The second-order valence-corrected chi connectivity index (χ2v) is 10.0. The topological polar surface area (TPSA) is 40.5 Å². The van der Waals surface area contributed by atoms with E-state index in [1.165, 1.54) is 0 Å². The summed E-state index contributed by atoms with van der Waals surface area (Å²) in [5.41, 5.74) is -2.57. The molecule has 0 spiro atoms. The van der Waals surface area contributed by atoms with Gasteiger partial charge in [-0.25, -0.2) is 0 Å². The molecule has 0 saturated heterocycles. The molecule has 0 aromatic rings. The lowest BCUT2D eigenvalue weighted by Gasteiger charge is -2.61. The number of rotatable bonds is 0. The first kappa shape index (κ1) is 18.1. The van der Waals surface area contributed by atoms with E-state index in [1.807, 2.05) is 0 Å². The van der Waals surface area contributed by atoms with Gasteiger partial charge in [-0.2, -0.15) is 13.2 Å². The highest BCUT2D eigenvalue weighted by atomic mass is 19.4. The van der Waals surface area contributed by atoms with E-state index in [2.05, 4.69) is 13.8 Å². The van der Waals surface area contributed by atoms with Crippen molar-refractivity contribution in [3.05, 3.63) is 0 Å². The van der Waals surface area contributed by atoms with Crippen molar-refractivity contribution in [1.82, 2.24) is 0 Å². The summed E-state index contributed by atoms with van der Waals surface area (Å²) in [4.78, 5) is 0. The molecule has 1 unspecified atom stereocenters. The van der Waals surface area contributed by atoms with E-state index in [0.717, 1.165) is 38.5 Å². The molecule has 4 fully saturated rings. The predicted molar refractivity (Wildman–Crippen MR) is 88.7 cm³/mol. The summed E-state index contributed by atoms with van der Waals surface area (Å²) < 4.78 is 40.0. The van der Waals surface area contributed by atoms with Crippen LogP contribution in [-0.2, 0) is 0 Å². The molecule has 25 heavy (non-hydrogen) atoms. The average Bonchev–Trinajstić information content (AvgIpc) is 2.83. The first-order valence-corrected chi connectivity index (χ1v) is 9.98. The minimum atomic E-state index is -4.52. The Hall–Kier alpha value is -0.290. The molecule has 2 nitrogen and oxygen atoms in total. The van der Waals surface area contributed by atoms with E-state index in [0.29, 0.717) is 24.2 Å². The second kappa shape index (κ2) is 5.37. The number of fused-ring (bicyclic) bond motifs is 5. The summed E-state index contributed by atoms with van der Waals surface area (Å²) in [5.74, 6) is 1.47. The third-order valence-electron chi connectivity index (χ3n) is 9.20. The lowest BCUT2D eigenvalue weighted by molar-refractivity contribution is -0.290. The zero-order valence-electron chi connectivity index (χ0n) is 15.3. The van der Waals surface area contributed by atoms with Gasteiger partial charge in [-0.05, 0) is 92.3 Å². The highest BCUT2D eigenvalue weighted by Crippen LogP contribution is 2.67. The Bertz CT molecular complexity index is 550. The molecule has 2 N–H and O–H groups in total. The summed E-state index contributed by atoms with van der Waals surface area (Å²) in [5, 5.41) is 20.7. The fourth-order valence-electron chi connectivity index (χ4n) is 7.48. The molecule has 8 atom stereocenters. The Morgan fingerprint density at radius 2 is 1.52 bits per heavy atom. The van der Waals surface area contributed by atoms with Crippen LogP contribution in [0.5, 0.6) is 0 Å². The van der Waals surface area contributed by atoms with Crippen molar-refractivity contribution in [2.24, 2.45) is 34.5 Å². The van der Waals surface area contributed by atoms with Crippen LogP contribution in [0.1, 0.15) is 71.6 Å². The highest BCUT2D eigenvalue weighted by Gasteiger charge is 2.64. The van der Waals surface area contributed by atoms with Gasteiger partial charge in [0.25, 0.3) is 0 Å². The van der Waals surface area contributed by atoms with Crippen LogP contribution in [0.3, 0.4) is 0 Å². The van der Waals surface area contributed by atoms with Gasteiger partial charge in [0, 0.05) is 0 Å². The standard InChI is InChI=1S/C20H31F3O2/c1-17-9-10-19(25,20(21,22)23)11-12(17)3-4-13-14-5-6-16(24)18(14,2)8-7-15(13)17/h12-16,24-25H,3-11H2,1-2H3/t12?,13-,14-,15-,16-,17-,18-,19+/m0/s1. The second-order valence-electron chi connectivity index (χ2n) is 10.0. The molecule has 0 heterocycles. The van der Waals surface area contributed by atoms with Crippen LogP contribution in [0.2, 0.25) is 0 Å². The zero-order chi connectivity index (χ0) is 18.3.